The highest BCUT2D eigenvalue weighted by Crippen LogP contribution is 2.39. The predicted octanol–water partition coefficient (Wildman–Crippen LogP) is 3.60. The van der Waals surface area contributed by atoms with Crippen LogP contribution in [0, 0.1) is 6.92 Å². The van der Waals surface area contributed by atoms with E-state index in [1.54, 1.807) is 0 Å². The summed E-state index contributed by atoms with van der Waals surface area (Å²) >= 11 is 0. The Hall–Kier alpha value is -2.24. The van der Waals surface area contributed by atoms with Crippen LogP contribution < -0.4 is 10.6 Å². The molecule has 5 heterocycles. The van der Waals surface area contributed by atoms with Crippen molar-refractivity contribution < 1.29 is 0 Å². The maximum atomic E-state index is 4.85. The van der Waals surface area contributed by atoms with Gasteiger partial charge in [0.15, 0.2) is 5.82 Å². The third-order valence-corrected chi connectivity index (χ3v) is 6.54. The smallest absolute Gasteiger partial charge is 0.153 e. The van der Waals surface area contributed by atoms with Gasteiger partial charge in [-0.25, -0.2) is 4.98 Å². The first kappa shape index (κ1) is 16.9. The first-order valence-corrected chi connectivity index (χ1v) is 10.0. The third kappa shape index (κ3) is 3.26. The van der Waals surface area contributed by atoms with Crippen LogP contribution in [0.1, 0.15) is 31.4 Å². The number of aromatic amines is 1. The van der Waals surface area contributed by atoms with Crippen molar-refractivity contribution in [1.82, 2.24) is 24.8 Å². The summed E-state index contributed by atoms with van der Waals surface area (Å²) in [7, 11) is 2.93. The minimum absolute atomic E-state index is 0.443. The van der Waals surface area contributed by atoms with Crippen LogP contribution in [0.2, 0.25) is 0 Å². The van der Waals surface area contributed by atoms with E-state index in [9.17, 15) is 0 Å². The largest absolute Gasteiger partial charge is 0.367 e. The van der Waals surface area contributed by atoms with Gasteiger partial charge < -0.3 is 10.6 Å². The molecule has 0 spiro atoms. The van der Waals surface area contributed by atoms with Crippen molar-refractivity contribution in [3.8, 4) is 0 Å². The first-order chi connectivity index (χ1) is 13.2. The van der Waals surface area contributed by atoms with E-state index in [1.165, 1.54) is 12.8 Å². The lowest BCUT2D eigenvalue weighted by Crippen LogP contribution is -2.41. The molecule has 27 heavy (non-hydrogen) atoms. The summed E-state index contributed by atoms with van der Waals surface area (Å²) in [4.78, 5) is 9.39. The zero-order chi connectivity index (χ0) is 18.4. The molecule has 0 aromatic carbocycles. The molecule has 0 amide bonds. The number of nitrogens with one attached hydrogen (secondary N) is 3. The lowest BCUT2D eigenvalue weighted by molar-refractivity contribution is 0.254. The standard InChI is InChI=1S/C19H24N7P/c1-11-7-18(25-24-11)22-17-10-16-15(3-2-6-20-16)19(23-17)21-12-8-13-4-5-14(9-12)26(13)27/h2-3,6-7,10,12-14H,4-5,8-9,27H2,1H3,(H3,21,22,23,24,25)/t12?,13-,14+. The van der Waals surface area contributed by atoms with Crippen molar-refractivity contribution >= 4 is 37.7 Å². The summed E-state index contributed by atoms with van der Waals surface area (Å²) in [5.74, 6) is 2.41. The van der Waals surface area contributed by atoms with Gasteiger partial charge in [-0.2, -0.15) is 5.10 Å². The molecule has 2 aliphatic heterocycles. The molecule has 3 aromatic rings. The Balaban J connectivity index is 1.45. The number of fused-ring (bicyclic) bond motifs is 3. The molecule has 2 unspecified atom stereocenters. The minimum Gasteiger partial charge on any atom is -0.367 e. The van der Waals surface area contributed by atoms with Crippen LogP contribution in [0.4, 0.5) is 17.5 Å². The highest BCUT2D eigenvalue weighted by atomic mass is 31.0. The molecule has 0 radical (unpaired) electrons. The topological polar surface area (TPSA) is 81.8 Å². The molecule has 4 atom stereocenters. The molecule has 3 N–H and O–H groups in total. The Kier molecular flexibility index (Phi) is 4.21. The summed E-state index contributed by atoms with van der Waals surface area (Å²) in [6, 6.07) is 9.74. The van der Waals surface area contributed by atoms with Crippen molar-refractivity contribution in [2.24, 2.45) is 0 Å². The maximum Gasteiger partial charge on any atom is 0.153 e. The lowest BCUT2D eigenvalue weighted by atomic mass is 9.99. The molecule has 2 bridgehead atoms. The van der Waals surface area contributed by atoms with Crippen molar-refractivity contribution in [2.45, 2.75) is 50.7 Å². The van der Waals surface area contributed by atoms with Crippen molar-refractivity contribution in [1.29, 1.82) is 0 Å². The van der Waals surface area contributed by atoms with Crippen LogP contribution in [0.25, 0.3) is 10.9 Å². The van der Waals surface area contributed by atoms with E-state index in [1.807, 2.05) is 31.3 Å². The van der Waals surface area contributed by atoms with Gasteiger partial charge in [0.25, 0.3) is 0 Å². The van der Waals surface area contributed by atoms with Gasteiger partial charge >= 0.3 is 0 Å². The molecule has 140 valence electrons. The monoisotopic (exact) mass is 381 g/mol. The van der Waals surface area contributed by atoms with Crippen LogP contribution in [0.3, 0.4) is 0 Å². The van der Waals surface area contributed by atoms with Gasteiger partial charge in [0, 0.05) is 47.5 Å². The number of piperidine rings is 1. The minimum atomic E-state index is 0.443. The molecule has 8 heteroatoms. The highest BCUT2D eigenvalue weighted by molar-refractivity contribution is 7.13. The second kappa shape index (κ2) is 6.73. The van der Waals surface area contributed by atoms with E-state index >= 15 is 0 Å². The van der Waals surface area contributed by atoms with Crippen LogP contribution in [-0.4, -0.2) is 43.0 Å². The van der Waals surface area contributed by atoms with Gasteiger partial charge in [-0.05, 0) is 44.7 Å². The van der Waals surface area contributed by atoms with Gasteiger partial charge in [-0.15, -0.1) is 0 Å². The van der Waals surface area contributed by atoms with Crippen molar-refractivity contribution in [2.75, 3.05) is 10.6 Å². The molecular weight excluding hydrogens is 357 g/mol. The lowest BCUT2D eigenvalue weighted by Gasteiger charge is -2.36. The summed E-state index contributed by atoms with van der Waals surface area (Å²) in [5.41, 5.74) is 1.94. The average Bonchev–Trinajstić information content (AvgIpc) is 3.13. The Bertz CT molecular complexity index is 958. The summed E-state index contributed by atoms with van der Waals surface area (Å²) in [6.07, 6.45) is 6.71. The highest BCUT2D eigenvalue weighted by Gasteiger charge is 2.38. The molecule has 2 aliphatic rings. The van der Waals surface area contributed by atoms with Gasteiger partial charge in [-0.3, -0.25) is 14.8 Å². The van der Waals surface area contributed by atoms with Gasteiger partial charge in [0.1, 0.15) is 11.6 Å². The first-order valence-electron chi connectivity index (χ1n) is 9.50. The molecule has 0 aliphatic carbocycles. The summed E-state index contributed by atoms with van der Waals surface area (Å²) in [5, 5.41) is 15.3. The number of hydrogen-bond donors (Lipinski definition) is 3. The van der Waals surface area contributed by atoms with Crippen LogP contribution in [0.5, 0.6) is 0 Å². The fourth-order valence-electron chi connectivity index (χ4n) is 4.39. The van der Waals surface area contributed by atoms with Crippen LogP contribution in [-0.2, 0) is 0 Å². The quantitative estimate of drug-likeness (QED) is 0.599. The SMILES string of the molecule is Cc1cc(Nc2cc3ncccc3c(NC3C[C@H]4CC[C@@H](C3)N4P)n2)n[nH]1. The zero-order valence-electron chi connectivity index (χ0n) is 15.3. The maximum absolute atomic E-state index is 4.85. The van der Waals surface area contributed by atoms with E-state index in [-0.39, 0.29) is 0 Å². The number of hydrogen-bond acceptors (Lipinski definition) is 6. The Morgan fingerprint density at radius 1 is 1.19 bits per heavy atom. The van der Waals surface area contributed by atoms with E-state index in [2.05, 4.69) is 45.9 Å². The molecule has 0 saturated carbocycles. The molecule has 2 saturated heterocycles. The number of aryl methyl sites for hydroxylation is 1. The number of pyridine rings is 2. The van der Waals surface area contributed by atoms with Crippen LogP contribution in [0.15, 0.2) is 30.5 Å². The van der Waals surface area contributed by atoms with Gasteiger partial charge in [0.05, 0.1) is 5.52 Å². The second-order valence-electron chi connectivity index (χ2n) is 7.63. The summed E-state index contributed by atoms with van der Waals surface area (Å²) in [6.45, 7) is 1.98. The van der Waals surface area contributed by atoms with Gasteiger partial charge in [-0.1, -0.05) is 9.39 Å². The molecule has 7 nitrogen and oxygen atoms in total. The van der Waals surface area contributed by atoms with E-state index in [0.717, 1.165) is 46.9 Å². The number of nitrogens with zero attached hydrogens (tertiary/aromatic N) is 4. The second-order valence-corrected chi connectivity index (χ2v) is 8.23. The zero-order valence-corrected chi connectivity index (χ0v) is 16.5. The summed E-state index contributed by atoms with van der Waals surface area (Å²) < 4.78 is 2.48. The third-order valence-electron chi connectivity index (χ3n) is 5.69. The fraction of sp³-hybridized carbons (Fsp3) is 0.421. The van der Waals surface area contributed by atoms with Crippen molar-refractivity contribution in [3.63, 3.8) is 0 Å². The molecule has 2 fully saturated rings. The van der Waals surface area contributed by atoms with E-state index in [0.29, 0.717) is 18.1 Å². The van der Waals surface area contributed by atoms with E-state index in [4.69, 9.17) is 4.98 Å². The Labute approximate surface area is 160 Å². The van der Waals surface area contributed by atoms with Crippen LogP contribution >= 0.6 is 9.39 Å². The average molecular weight is 381 g/mol. The number of H-pyrrole nitrogens is 1. The Morgan fingerprint density at radius 2 is 2.00 bits per heavy atom. The predicted molar refractivity (Wildman–Crippen MR) is 111 cm³/mol. The number of rotatable bonds is 4. The van der Waals surface area contributed by atoms with Gasteiger partial charge in [0.2, 0.25) is 0 Å². The molecule has 5 rings (SSSR count). The van der Waals surface area contributed by atoms with E-state index < -0.39 is 0 Å². The normalized spacial score (nSPS) is 25.0. The molecule has 3 aromatic heterocycles. The Morgan fingerprint density at radius 3 is 2.74 bits per heavy atom. The molecular formula is C19H24N7P. The van der Waals surface area contributed by atoms with Crippen molar-refractivity contribution in [3.05, 3.63) is 36.2 Å². The number of aromatic nitrogens is 4. The number of anilines is 3. The fourth-order valence-corrected chi connectivity index (χ4v) is 4.93.